The van der Waals surface area contributed by atoms with Crippen LogP contribution in [0, 0.1) is 6.92 Å². The van der Waals surface area contributed by atoms with E-state index >= 15 is 0 Å². The minimum absolute atomic E-state index is 0.0949. The van der Waals surface area contributed by atoms with Crippen molar-refractivity contribution >= 4 is 5.97 Å². The Morgan fingerprint density at radius 2 is 2.25 bits per heavy atom. The Hall–Kier alpha value is -2.10. The third-order valence-corrected chi connectivity index (χ3v) is 3.81. The van der Waals surface area contributed by atoms with Crippen LogP contribution in [0.3, 0.4) is 0 Å². The predicted molar refractivity (Wildman–Crippen MR) is 76.3 cm³/mol. The van der Waals surface area contributed by atoms with Gasteiger partial charge in [0.25, 0.3) is 0 Å². The Bertz CT molecular complexity index is 673. The van der Waals surface area contributed by atoms with E-state index in [1.54, 1.807) is 6.33 Å². The van der Waals surface area contributed by atoms with Gasteiger partial charge in [-0.15, -0.1) is 0 Å². The number of imidazole rings is 1. The number of esters is 1. The van der Waals surface area contributed by atoms with Crippen molar-refractivity contribution < 1.29 is 9.53 Å². The first-order chi connectivity index (χ1) is 9.60. The van der Waals surface area contributed by atoms with Gasteiger partial charge in [0.1, 0.15) is 12.4 Å². The third-order valence-electron chi connectivity index (χ3n) is 3.81. The van der Waals surface area contributed by atoms with Crippen LogP contribution in [0.2, 0.25) is 0 Å². The van der Waals surface area contributed by atoms with E-state index in [0.29, 0.717) is 12.1 Å². The molecule has 20 heavy (non-hydrogen) atoms. The maximum atomic E-state index is 12.1. The summed E-state index contributed by atoms with van der Waals surface area (Å²) < 4.78 is 7.14. The van der Waals surface area contributed by atoms with Gasteiger partial charge in [-0.3, -0.25) is 4.57 Å². The molecule has 104 valence electrons. The summed E-state index contributed by atoms with van der Waals surface area (Å²) in [4.78, 5) is 16.4. The van der Waals surface area contributed by atoms with Crippen molar-refractivity contribution in [3.63, 3.8) is 0 Å². The topological polar surface area (TPSA) is 44.1 Å². The number of hydrogen-bond donors (Lipinski definition) is 0. The lowest BCUT2D eigenvalue weighted by Gasteiger charge is -2.19. The van der Waals surface area contributed by atoms with Crippen LogP contribution in [0.25, 0.3) is 5.69 Å². The molecule has 0 aliphatic carbocycles. The second-order valence-electron chi connectivity index (χ2n) is 5.29. The van der Waals surface area contributed by atoms with E-state index in [2.05, 4.69) is 31.0 Å². The molecule has 4 nitrogen and oxygen atoms in total. The molecule has 3 rings (SSSR count). The van der Waals surface area contributed by atoms with Crippen LogP contribution < -0.4 is 0 Å². The third kappa shape index (κ3) is 2.01. The Kier molecular flexibility index (Phi) is 3.08. The molecule has 0 amide bonds. The molecule has 2 aromatic rings. The molecule has 0 radical (unpaired) electrons. The summed E-state index contributed by atoms with van der Waals surface area (Å²) in [5.41, 5.74) is 4.89. The average Bonchev–Trinajstić information content (AvgIpc) is 2.82. The summed E-state index contributed by atoms with van der Waals surface area (Å²) in [5, 5.41) is 0. The van der Waals surface area contributed by atoms with Crippen molar-refractivity contribution in [3.05, 3.63) is 47.0 Å². The largest absolute Gasteiger partial charge is 0.458 e. The lowest BCUT2D eigenvalue weighted by Crippen LogP contribution is -2.26. The van der Waals surface area contributed by atoms with E-state index in [-0.39, 0.29) is 12.1 Å². The molecular formula is C16H18N2O2. The van der Waals surface area contributed by atoms with Crippen LogP contribution in [0.15, 0.2) is 24.5 Å². The van der Waals surface area contributed by atoms with Gasteiger partial charge in [0.2, 0.25) is 0 Å². The first-order valence-electron chi connectivity index (χ1n) is 6.97. The standard InChI is InChI=1S/C16H18N2O2/c1-4-12-5-6-13(7-10(12)2)18-9-17-14-8-11(3)20-16(19)15(14)18/h5-7,9,11H,4,8H2,1-3H3. The summed E-state index contributed by atoms with van der Waals surface area (Å²) in [7, 11) is 0. The fourth-order valence-electron chi connectivity index (χ4n) is 2.73. The molecule has 0 spiro atoms. The Morgan fingerprint density at radius 1 is 1.45 bits per heavy atom. The van der Waals surface area contributed by atoms with Gasteiger partial charge in [0, 0.05) is 12.1 Å². The quantitative estimate of drug-likeness (QED) is 0.788. The summed E-state index contributed by atoms with van der Waals surface area (Å²) in [6, 6.07) is 6.22. The normalized spacial score (nSPS) is 17.8. The highest BCUT2D eigenvalue weighted by atomic mass is 16.5. The molecule has 0 fully saturated rings. The monoisotopic (exact) mass is 270 g/mol. The molecular weight excluding hydrogens is 252 g/mol. The number of aryl methyl sites for hydroxylation is 2. The van der Waals surface area contributed by atoms with Crippen molar-refractivity contribution in [2.75, 3.05) is 0 Å². The minimum Gasteiger partial charge on any atom is -0.458 e. The van der Waals surface area contributed by atoms with E-state index in [0.717, 1.165) is 17.8 Å². The van der Waals surface area contributed by atoms with E-state index in [1.807, 2.05) is 17.6 Å². The van der Waals surface area contributed by atoms with Crippen LogP contribution >= 0.6 is 0 Å². The number of aromatic nitrogens is 2. The van der Waals surface area contributed by atoms with Crippen molar-refractivity contribution in [3.8, 4) is 5.69 Å². The number of carbonyl (C=O) groups is 1. The zero-order valence-electron chi connectivity index (χ0n) is 12.0. The lowest BCUT2D eigenvalue weighted by atomic mass is 10.1. The number of ether oxygens (including phenoxy) is 1. The molecule has 0 bridgehead atoms. The molecule has 1 unspecified atom stereocenters. The van der Waals surface area contributed by atoms with E-state index in [4.69, 9.17) is 4.74 Å². The van der Waals surface area contributed by atoms with Gasteiger partial charge in [-0.05, 0) is 43.5 Å². The van der Waals surface area contributed by atoms with Crippen LogP contribution in [0.4, 0.5) is 0 Å². The highest BCUT2D eigenvalue weighted by Gasteiger charge is 2.29. The van der Waals surface area contributed by atoms with E-state index < -0.39 is 0 Å². The molecule has 2 heterocycles. The van der Waals surface area contributed by atoms with Crippen molar-refractivity contribution in [2.45, 2.75) is 39.7 Å². The van der Waals surface area contributed by atoms with Crippen LogP contribution in [0.5, 0.6) is 0 Å². The second kappa shape index (κ2) is 4.78. The number of cyclic esters (lactones) is 1. The molecule has 1 aliphatic rings. The zero-order chi connectivity index (χ0) is 14.3. The van der Waals surface area contributed by atoms with Gasteiger partial charge < -0.3 is 4.74 Å². The molecule has 0 saturated heterocycles. The Balaban J connectivity index is 2.08. The first-order valence-corrected chi connectivity index (χ1v) is 6.97. The number of carbonyl (C=O) groups excluding carboxylic acids is 1. The van der Waals surface area contributed by atoms with Crippen LogP contribution in [0.1, 0.15) is 41.2 Å². The molecule has 0 saturated carbocycles. The minimum atomic E-state index is -0.284. The number of hydrogen-bond acceptors (Lipinski definition) is 3. The number of fused-ring (bicyclic) bond motifs is 1. The molecule has 4 heteroatoms. The van der Waals surface area contributed by atoms with Gasteiger partial charge in [0.15, 0.2) is 5.69 Å². The number of nitrogens with zero attached hydrogens (tertiary/aromatic N) is 2. The summed E-state index contributed by atoms with van der Waals surface area (Å²) in [6.45, 7) is 6.12. The van der Waals surface area contributed by atoms with Crippen LogP contribution in [-0.4, -0.2) is 21.6 Å². The van der Waals surface area contributed by atoms with Gasteiger partial charge in [-0.2, -0.15) is 0 Å². The van der Waals surface area contributed by atoms with Gasteiger partial charge in [-0.25, -0.2) is 9.78 Å². The molecule has 1 aromatic heterocycles. The number of rotatable bonds is 2. The molecule has 1 aromatic carbocycles. The maximum Gasteiger partial charge on any atom is 0.357 e. The lowest BCUT2D eigenvalue weighted by molar-refractivity contribution is 0.0288. The first kappa shape index (κ1) is 12.9. The Labute approximate surface area is 118 Å². The van der Waals surface area contributed by atoms with Gasteiger partial charge in [0.05, 0.1) is 5.69 Å². The molecule has 0 N–H and O–H groups in total. The zero-order valence-corrected chi connectivity index (χ0v) is 12.0. The van der Waals surface area contributed by atoms with E-state index in [9.17, 15) is 4.79 Å². The maximum absolute atomic E-state index is 12.1. The van der Waals surface area contributed by atoms with E-state index in [1.165, 1.54) is 11.1 Å². The smallest absolute Gasteiger partial charge is 0.357 e. The number of benzene rings is 1. The van der Waals surface area contributed by atoms with Crippen molar-refractivity contribution in [2.24, 2.45) is 0 Å². The van der Waals surface area contributed by atoms with Gasteiger partial charge in [-0.1, -0.05) is 13.0 Å². The second-order valence-corrected chi connectivity index (χ2v) is 5.29. The fourth-order valence-corrected chi connectivity index (χ4v) is 2.73. The average molecular weight is 270 g/mol. The molecule has 1 aliphatic heterocycles. The van der Waals surface area contributed by atoms with Gasteiger partial charge >= 0.3 is 5.97 Å². The summed E-state index contributed by atoms with van der Waals surface area (Å²) >= 11 is 0. The summed E-state index contributed by atoms with van der Waals surface area (Å²) in [5.74, 6) is -0.284. The summed E-state index contributed by atoms with van der Waals surface area (Å²) in [6.07, 6.45) is 3.31. The Morgan fingerprint density at radius 3 is 2.95 bits per heavy atom. The highest BCUT2D eigenvalue weighted by molar-refractivity contribution is 5.90. The molecule has 1 atom stereocenters. The SMILES string of the molecule is CCc1ccc(-n2cnc3c2C(=O)OC(C)C3)cc1C. The van der Waals surface area contributed by atoms with Crippen molar-refractivity contribution in [1.29, 1.82) is 0 Å². The highest BCUT2D eigenvalue weighted by Crippen LogP contribution is 2.24. The fraction of sp³-hybridized carbons (Fsp3) is 0.375. The predicted octanol–water partition coefficient (Wildman–Crippen LogP) is 2.84. The van der Waals surface area contributed by atoms with Crippen molar-refractivity contribution in [1.82, 2.24) is 9.55 Å². The van der Waals surface area contributed by atoms with Crippen LogP contribution in [-0.2, 0) is 17.6 Å².